The van der Waals surface area contributed by atoms with E-state index in [1.165, 1.54) is 63.0 Å². The average molecular weight is 344 g/mol. The van der Waals surface area contributed by atoms with Crippen molar-refractivity contribution in [1.82, 2.24) is 0 Å². The molecule has 0 aromatic heterocycles. The molecule has 136 valence electrons. The van der Waals surface area contributed by atoms with Crippen molar-refractivity contribution in [3.63, 3.8) is 0 Å². The second-order valence-corrected chi connectivity index (χ2v) is 7.92. The molecular formula is C22H29FO2. The highest BCUT2D eigenvalue weighted by atomic mass is 19.1. The summed E-state index contributed by atoms with van der Waals surface area (Å²) in [5, 5.41) is 8.67. The number of carboxylic acid groups (broad SMARTS) is 1. The fourth-order valence-corrected chi connectivity index (χ4v) is 4.92. The molecule has 2 aliphatic rings. The zero-order chi connectivity index (χ0) is 17.6. The van der Waals surface area contributed by atoms with Crippen LogP contribution in [-0.4, -0.2) is 11.1 Å². The highest BCUT2D eigenvalue weighted by Crippen LogP contribution is 2.44. The van der Waals surface area contributed by atoms with Gasteiger partial charge >= 0.3 is 5.97 Å². The van der Waals surface area contributed by atoms with Gasteiger partial charge in [-0.2, -0.15) is 0 Å². The Balaban J connectivity index is 1.42. The molecule has 0 saturated heterocycles. The second-order valence-electron chi connectivity index (χ2n) is 7.92. The first-order valence-corrected chi connectivity index (χ1v) is 9.76. The zero-order valence-electron chi connectivity index (χ0n) is 14.9. The van der Waals surface area contributed by atoms with Gasteiger partial charge < -0.3 is 5.11 Å². The Hall–Kier alpha value is -1.64. The number of benzene rings is 1. The molecule has 1 aromatic rings. The predicted octanol–water partition coefficient (Wildman–Crippen LogP) is 5.94. The normalized spacial score (nSPS) is 30.4. The van der Waals surface area contributed by atoms with Crippen molar-refractivity contribution < 1.29 is 14.3 Å². The Bertz CT molecular complexity index is 577. The third-order valence-corrected chi connectivity index (χ3v) is 6.40. The summed E-state index contributed by atoms with van der Waals surface area (Å²) >= 11 is 0. The minimum absolute atomic E-state index is 0.146. The maximum Gasteiger partial charge on any atom is 0.327 e. The standard InChI is InChI=1S/C22H29FO2/c23-21-14-12-20(13-15-21)19-10-8-18(9-11-19)17-6-4-16(5-7-17)2-1-3-22(24)25/h1,3,12-19H,2,4-11H2,(H,24,25)/b3-1+/t16-,17-,18-,19-. The summed E-state index contributed by atoms with van der Waals surface area (Å²) in [5.41, 5.74) is 1.30. The Morgan fingerprint density at radius 1 is 0.960 bits per heavy atom. The van der Waals surface area contributed by atoms with Crippen molar-refractivity contribution in [3.8, 4) is 0 Å². The molecule has 0 aliphatic heterocycles. The van der Waals surface area contributed by atoms with Crippen LogP contribution < -0.4 is 0 Å². The van der Waals surface area contributed by atoms with Crippen LogP contribution in [0, 0.1) is 23.6 Å². The Morgan fingerprint density at radius 3 is 2.08 bits per heavy atom. The lowest BCUT2D eigenvalue weighted by atomic mass is 9.68. The summed E-state index contributed by atoms with van der Waals surface area (Å²) < 4.78 is 13.1. The predicted molar refractivity (Wildman–Crippen MR) is 97.9 cm³/mol. The van der Waals surface area contributed by atoms with Gasteiger partial charge in [0, 0.05) is 6.08 Å². The van der Waals surface area contributed by atoms with Gasteiger partial charge in [0.1, 0.15) is 5.82 Å². The number of hydrogen-bond acceptors (Lipinski definition) is 1. The summed E-state index contributed by atoms with van der Waals surface area (Å²) in [6, 6.07) is 7.08. The van der Waals surface area contributed by atoms with Gasteiger partial charge in [0.25, 0.3) is 0 Å². The van der Waals surface area contributed by atoms with Gasteiger partial charge in [-0.15, -0.1) is 0 Å². The van der Waals surface area contributed by atoms with E-state index in [1.54, 1.807) is 12.1 Å². The van der Waals surface area contributed by atoms with Crippen molar-refractivity contribution in [3.05, 3.63) is 47.8 Å². The van der Waals surface area contributed by atoms with E-state index in [4.69, 9.17) is 5.11 Å². The number of carboxylic acids is 1. The van der Waals surface area contributed by atoms with Crippen LogP contribution in [0.4, 0.5) is 4.39 Å². The average Bonchev–Trinajstić information content (AvgIpc) is 2.63. The summed E-state index contributed by atoms with van der Waals surface area (Å²) in [4.78, 5) is 10.5. The summed E-state index contributed by atoms with van der Waals surface area (Å²) in [5.74, 6) is 2.00. The maximum absolute atomic E-state index is 13.1. The molecular weight excluding hydrogens is 315 g/mol. The third-order valence-electron chi connectivity index (χ3n) is 6.40. The molecule has 0 unspecified atom stereocenters. The first-order chi connectivity index (χ1) is 12.1. The van der Waals surface area contributed by atoms with Crippen molar-refractivity contribution in [1.29, 1.82) is 0 Å². The first-order valence-electron chi connectivity index (χ1n) is 9.76. The fourth-order valence-electron chi connectivity index (χ4n) is 4.92. The van der Waals surface area contributed by atoms with E-state index < -0.39 is 5.97 Å². The van der Waals surface area contributed by atoms with Gasteiger partial charge in [-0.1, -0.05) is 18.2 Å². The van der Waals surface area contributed by atoms with E-state index in [2.05, 4.69) is 0 Å². The van der Waals surface area contributed by atoms with Gasteiger partial charge in [0.2, 0.25) is 0 Å². The molecule has 1 N–H and O–H groups in total. The molecule has 2 saturated carbocycles. The molecule has 0 spiro atoms. The Kier molecular flexibility index (Phi) is 6.28. The summed E-state index contributed by atoms with van der Waals surface area (Å²) in [7, 11) is 0. The lowest BCUT2D eigenvalue weighted by molar-refractivity contribution is -0.131. The van der Waals surface area contributed by atoms with Crippen LogP contribution in [0.3, 0.4) is 0 Å². The van der Waals surface area contributed by atoms with E-state index in [-0.39, 0.29) is 5.82 Å². The van der Waals surface area contributed by atoms with Crippen LogP contribution in [-0.2, 0) is 4.79 Å². The molecule has 2 fully saturated rings. The largest absolute Gasteiger partial charge is 0.478 e. The molecule has 3 rings (SSSR count). The minimum atomic E-state index is -0.841. The van der Waals surface area contributed by atoms with Crippen LogP contribution in [0.5, 0.6) is 0 Å². The molecule has 0 heterocycles. The van der Waals surface area contributed by atoms with Gasteiger partial charge in [0.05, 0.1) is 0 Å². The van der Waals surface area contributed by atoms with Crippen LogP contribution >= 0.6 is 0 Å². The molecule has 25 heavy (non-hydrogen) atoms. The van der Waals surface area contributed by atoms with E-state index >= 15 is 0 Å². The van der Waals surface area contributed by atoms with E-state index in [0.717, 1.165) is 18.3 Å². The van der Waals surface area contributed by atoms with Crippen LogP contribution in [0.2, 0.25) is 0 Å². The third kappa shape index (κ3) is 5.17. The topological polar surface area (TPSA) is 37.3 Å². The molecule has 2 nitrogen and oxygen atoms in total. The van der Waals surface area contributed by atoms with Crippen molar-refractivity contribution >= 4 is 5.97 Å². The highest BCUT2D eigenvalue weighted by Gasteiger charge is 2.31. The molecule has 0 amide bonds. The van der Waals surface area contributed by atoms with Gasteiger partial charge in [-0.25, -0.2) is 9.18 Å². The smallest absolute Gasteiger partial charge is 0.327 e. The first kappa shape index (κ1) is 18.2. The zero-order valence-corrected chi connectivity index (χ0v) is 14.9. The fraction of sp³-hybridized carbons (Fsp3) is 0.591. The number of allylic oxidation sites excluding steroid dienone is 1. The number of rotatable bonds is 5. The molecule has 1 aromatic carbocycles. The quantitative estimate of drug-likeness (QED) is 0.671. The maximum atomic E-state index is 13.1. The van der Waals surface area contributed by atoms with Gasteiger partial charge in [0.15, 0.2) is 0 Å². The second kappa shape index (κ2) is 8.64. The Morgan fingerprint density at radius 2 is 1.52 bits per heavy atom. The van der Waals surface area contributed by atoms with Crippen LogP contribution in [0.25, 0.3) is 0 Å². The van der Waals surface area contributed by atoms with Gasteiger partial charge in [-0.05, 0) is 99.2 Å². The van der Waals surface area contributed by atoms with Crippen LogP contribution in [0.1, 0.15) is 69.3 Å². The summed E-state index contributed by atoms with van der Waals surface area (Å²) in [6.07, 6.45) is 14.2. The lowest BCUT2D eigenvalue weighted by Crippen LogP contribution is -2.25. The number of halogens is 1. The SMILES string of the molecule is O=C(O)/C=C/C[C@H]1CC[C@H]([C@H]2CC[C@H](c3ccc(F)cc3)CC2)CC1. The van der Waals surface area contributed by atoms with Crippen LogP contribution in [0.15, 0.2) is 36.4 Å². The molecule has 3 heteroatoms. The molecule has 0 bridgehead atoms. The highest BCUT2D eigenvalue weighted by molar-refractivity contribution is 5.79. The van der Waals surface area contributed by atoms with E-state index in [0.29, 0.717) is 11.8 Å². The number of aliphatic carboxylic acids is 1. The molecule has 2 aliphatic carbocycles. The summed E-state index contributed by atoms with van der Waals surface area (Å²) in [6.45, 7) is 0. The van der Waals surface area contributed by atoms with Crippen molar-refractivity contribution in [2.75, 3.05) is 0 Å². The van der Waals surface area contributed by atoms with Crippen molar-refractivity contribution in [2.24, 2.45) is 17.8 Å². The van der Waals surface area contributed by atoms with Gasteiger partial charge in [-0.3, -0.25) is 0 Å². The lowest BCUT2D eigenvalue weighted by Gasteiger charge is -2.38. The molecule has 0 atom stereocenters. The van der Waals surface area contributed by atoms with E-state index in [9.17, 15) is 9.18 Å². The minimum Gasteiger partial charge on any atom is -0.478 e. The Labute approximate surface area is 150 Å². The van der Waals surface area contributed by atoms with Crippen molar-refractivity contribution in [2.45, 2.75) is 63.7 Å². The monoisotopic (exact) mass is 344 g/mol. The number of carbonyl (C=O) groups is 1. The molecule has 0 radical (unpaired) electrons. The van der Waals surface area contributed by atoms with E-state index in [1.807, 2.05) is 18.2 Å². The number of hydrogen-bond donors (Lipinski definition) is 1.